The van der Waals surface area contributed by atoms with Gasteiger partial charge in [-0.05, 0) is 30.2 Å². The molecule has 0 radical (unpaired) electrons. The molecule has 0 bridgehead atoms. The van der Waals surface area contributed by atoms with Crippen LogP contribution in [-0.4, -0.2) is 9.97 Å². The van der Waals surface area contributed by atoms with Crippen molar-refractivity contribution in [3.05, 3.63) is 41.7 Å². The van der Waals surface area contributed by atoms with Crippen LogP contribution < -0.4 is 10.5 Å². The normalized spacial score (nSPS) is 9.78. The summed E-state index contributed by atoms with van der Waals surface area (Å²) in [5.74, 6) is 0.607. The lowest BCUT2D eigenvalue weighted by atomic mass is 10.1. The van der Waals surface area contributed by atoms with E-state index in [0.29, 0.717) is 17.0 Å². The highest BCUT2D eigenvalue weighted by molar-refractivity contribution is 5.43. The molecule has 0 saturated carbocycles. The zero-order chi connectivity index (χ0) is 13.0. The Morgan fingerprint density at radius 1 is 1.33 bits per heavy atom. The Morgan fingerprint density at radius 2 is 2.06 bits per heavy atom. The number of aromatic nitrogens is 2. The summed E-state index contributed by atoms with van der Waals surface area (Å²) in [6.07, 6.45) is 3.72. The first kappa shape index (κ1) is 11.9. The van der Waals surface area contributed by atoms with Crippen molar-refractivity contribution in [1.82, 2.24) is 9.97 Å². The second-order valence-electron chi connectivity index (χ2n) is 3.69. The first-order valence-electron chi connectivity index (χ1n) is 5.51. The van der Waals surface area contributed by atoms with Crippen LogP contribution in [0.2, 0.25) is 0 Å². The number of hydrogen-bond acceptors (Lipinski definition) is 5. The number of nitrogens with zero attached hydrogens (tertiary/aromatic N) is 3. The SMILES string of the molecule is CCc1cc(Oc2ncc(N)cn2)ccc1C#N. The van der Waals surface area contributed by atoms with Crippen molar-refractivity contribution in [1.29, 1.82) is 5.26 Å². The van der Waals surface area contributed by atoms with Gasteiger partial charge in [-0.2, -0.15) is 5.26 Å². The zero-order valence-corrected chi connectivity index (χ0v) is 9.92. The molecular formula is C13H12N4O. The fourth-order valence-electron chi connectivity index (χ4n) is 1.52. The molecule has 0 atom stereocenters. The van der Waals surface area contributed by atoms with Gasteiger partial charge in [0.2, 0.25) is 0 Å². The van der Waals surface area contributed by atoms with E-state index in [1.165, 1.54) is 12.4 Å². The minimum absolute atomic E-state index is 0.232. The molecule has 1 aromatic carbocycles. The number of ether oxygens (including phenoxy) is 1. The lowest BCUT2D eigenvalue weighted by molar-refractivity contribution is 0.441. The molecule has 90 valence electrons. The summed E-state index contributed by atoms with van der Waals surface area (Å²) in [5, 5.41) is 8.93. The van der Waals surface area contributed by atoms with Crippen molar-refractivity contribution >= 4 is 5.69 Å². The average Bonchev–Trinajstić information content (AvgIpc) is 2.41. The monoisotopic (exact) mass is 240 g/mol. The van der Waals surface area contributed by atoms with Crippen LogP contribution in [0, 0.1) is 11.3 Å². The third-order valence-corrected chi connectivity index (χ3v) is 2.44. The Labute approximate surface area is 105 Å². The van der Waals surface area contributed by atoms with Gasteiger partial charge in [-0.1, -0.05) is 6.92 Å². The molecule has 0 aliphatic rings. The molecule has 2 rings (SSSR count). The zero-order valence-electron chi connectivity index (χ0n) is 9.92. The van der Waals surface area contributed by atoms with Gasteiger partial charge in [-0.15, -0.1) is 0 Å². The minimum atomic E-state index is 0.232. The molecular weight excluding hydrogens is 228 g/mol. The molecule has 1 aromatic heterocycles. The van der Waals surface area contributed by atoms with Gasteiger partial charge in [0.1, 0.15) is 5.75 Å². The molecule has 0 fully saturated rings. The fourth-order valence-corrected chi connectivity index (χ4v) is 1.52. The standard InChI is InChI=1S/C13H12N4O/c1-2-9-5-12(4-3-10(9)6-14)18-13-16-7-11(15)8-17-13/h3-5,7-8H,2,15H2,1H3. The summed E-state index contributed by atoms with van der Waals surface area (Å²) < 4.78 is 5.49. The second-order valence-corrected chi connectivity index (χ2v) is 3.69. The molecule has 0 amide bonds. The van der Waals surface area contributed by atoms with E-state index >= 15 is 0 Å². The van der Waals surface area contributed by atoms with Crippen molar-refractivity contribution in [3.63, 3.8) is 0 Å². The van der Waals surface area contributed by atoms with E-state index in [1.807, 2.05) is 13.0 Å². The highest BCUT2D eigenvalue weighted by Crippen LogP contribution is 2.21. The first-order chi connectivity index (χ1) is 8.72. The molecule has 5 heteroatoms. The number of nitrogens with two attached hydrogens (primary N) is 1. The van der Waals surface area contributed by atoms with Gasteiger partial charge in [0.25, 0.3) is 0 Å². The summed E-state index contributed by atoms with van der Waals surface area (Å²) in [6.45, 7) is 1.99. The third-order valence-electron chi connectivity index (χ3n) is 2.44. The molecule has 0 aliphatic carbocycles. The Balaban J connectivity index is 2.25. The Bertz CT molecular complexity index is 587. The van der Waals surface area contributed by atoms with Crippen LogP contribution >= 0.6 is 0 Å². The maximum atomic E-state index is 8.93. The highest BCUT2D eigenvalue weighted by Gasteiger charge is 2.05. The van der Waals surface area contributed by atoms with Gasteiger partial charge < -0.3 is 10.5 Å². The van der Waals surface area contributed by atoms with Crippen LogP contribution in [-0.2, 0) is 6.42 Å². The lowest BCUT2D eigenvalue weighted by Gasteiger charge is -2.06. The molecule has 2 aromatic rings. The molecule has 0 aliphatic heterocycles. The van der Waals surface area contributed by atoms with E-state index in [1.54, 1.807) is 12.1 Å². The highest BCUT2D eigenvalue weighted by atomic mass is 16.5. The van der Waals surface area contributed by atoms with E-state index in [0.717, 1.165) is 12.0 Å². The second kappa shape index (κ2) is 5.15. The van der Waals surface area contributed by atoms with Gasteiger partial charge in [0.05, 0.1) is 29.7 Å². The van der Waals surface area contributed by atoms with E-state index in [2.05, 4.69) is 16.0 Å². The number of hydrogen-bond donors (Lipinski definition) is 1. The third kappa shape index (κ3) is 2.55. The van der Waals surface area contributed by atoms with Gasteiger partial charge in [0.15, 0.2) is 0 Å². The lowest BCUT2D eigenvalue weighted by Crippen LogP contribution is -1.95. The number of anilines is 1. The van der Waals surface area contributed by atoms with Crippen molar-refractivity contribution < 1.29 is 4.74 Å². The summed E-state index contributed by atoms with van der Waals surface area (Å²) in [6, 6.07) is 7.64. The molecule has 18 heavy (non-hydrogen) atoms. The van der Waals surface area contributed by atoms with E-state index in [-0.39, 0.29) is 6.01 Å². The predicted molar refractivity (Wildman–Crippen MR) is 67.1 cm³/mol. The topological polar surface area (TPSA) is 84.8 Å². The number of nitriles is 1. The van der Waals surface area contributed by atoms with Gasteiger partial charge in [-0.3, -0.25) is 0 Å². The van der Waals surface area contributed by atoms with Crippen molar-refractivity contribution in [2.24, 2.45) is 0 Å². The fraction of sp³-hybridized carbons (Fsp3) is 0.154. The summed E-state index contributed by atoms with van der Waals surface area (Å²) in [5.41, 5.74) is 7.56. The molecule has 5 nitrogen and oxygen atoms in total. The van der Waals surface area contributed by atoms with Crippen molar-refractivity contribution in [2.75, 3.05) is 5.73 Å². The van der Waals surface area contributed by atoms with Crippen LogP contribution in [0.3, 0.4) is 0 Å². The minimum Gasteiger partial charge on any atom is -0.424 e. The molecule has 2 N–H and O–H groups in total. The maximum Gasteiger partial charge on any atom is 0.322 e. The van der Waals surface area contributed by atoms with Crippen LogP contribution in [0.1, 0.15) is 18.1 Å². The Kier molecular flexibility index (Phi) is 3.39. The van der Waals surface area contributed by atoms with Gasteiger partial charge >= 0.3 is 6.01 Å². The van der Waals surface area contributed by atoms with E-state index in [9.17, 15) is 0 Å². The largest absolute Gasteiger partial charge is 0.424 e. The van der Waals surface area contributed by atoms with Crippen LogP contribution in [0.4, 0.5) is 5.69 Å². The Hall–Kier alpha value is -2.61. The van der Waals surface area contributed by atoms with Gasteiger partial charge in [0, 0.05) is 0 Å². The summed E-state index contributed by atoms with van der Waals surface area (Å²) in [7, 11) is 0. The van der Waals surface area contributed by atoms with Crippen LogP contribution in [0.15, 0.2) is 30.6 Å². The summed E-state index contributed by atoms with van der Waals surface area (Å²) >= 11 is 0. The molecule has 1 heterocycles. The van der Waals surface area contributed by atoms with E-state index in [4.69, 9.17) is 15.7 Å². The predicted octanol–water partition coefficient (Wildman–Crippen LogP) is 2.29. The molecule has 0 unspecified atom stereocenters. The first-order valence-corrected chi connectivity index (χ1v) is 5.51. The van der Waals surface area contributed by atoms with Crippen molar-refractivity contribution in [3.8, 4) is 17.8 Å². The van der Waals surface area contributed by atoms with Crippen LogP contribution in [0.25, 0.3) is 0 Å². The number of benzene rings is 1. The summed E-state index contributed by atoms with van der Waals surface area (Å²) in [4.78, 5) is 7.90. The smallest absolute Gasteiger partial charge is 0.322 e. The van der Waals surface area contributed by atoms with E-state index < -0.39 is 0 Å². The number of rotatable bonds is 3. The van der Waals surface area contributed by atoms with Crippen molar-refractivity contribution in [2.45, 2.75) is 13.3 Å². The molecule has 0 spiro atoms. The van der Waals surface area contributed by atoms with Gasteiger partial charge in [-0.25, -0.2) is 9.97 Å². The van der Waals surface area contributed by atoms with Crippen LogP contribution in [0.5, 0.6) is 11.8 Å². The maximum absolute atomic E-state index is 8.93. The number of nitrogen functional groups attached to an aromatic ring is 1. The number of aryl methyl sites for hydroxylation is 1. The average molecular weight is 240 g/mol. The quantitative estimate of drug-likeness (QED) is 0.889. The molecule has 0 saturated heterocycles. The Morgan fingerprint density at radius 3 is 2.67 bits per heavy atom.